The molecule has 1 aromatic carbocycles. The zero-order chi connectivity index (χ0) is 15.9. The molecule has 1 saturated heterocycles. The summed E-state index contributed by atoms with van der Waals surface area (Å²) in [5, 5.41) is 14.0. The van der Waals surface area contributed by atoms with Crippen LogP contribution < -0.4 is 15.6 Å². The number of carbonyl (C=O) groups is 1. The molecule has 1 aliphatic rings. The van der Waals surface area contributed by atoms with Gasteiger partial charge in [-0.15, -0.1) is 11.8 Å². The van der Waals surface area contributed by atoms with Gasteiger partial charge in [-0.2, -0.15) is 0 Å². The molecule has 3 N–H and O–H groups in total. The van der Waals surface area contributed by atoms with Crippen LogP contribution in [0.2, 0.25) is 0 Å². The molecule has 2 atom stereocenters. The molecule has 1 aromatic heterocycles. The Morgan fingerprint density at radius 2 is 2.05 bits per heavy atom. The predicted octanol–water partition coefficient (Wildman–Crippen LogP) is 0.811. The summed E-state index contributed by atoms with van der Waals surface area (Å²) in [4.78, 5) is 23.5. The number of nitrogens with one attached hydrogen (secondary N) is 2. The summed E-state index contributed by atoms with van der Waals surface area (Å²) in [7, 11) is 0. The molecule has 8 heteroatoms. The fraction of sp³-hybridized carbons (Fsp3) is 0.357. The van der Waals surface area contributed by atoms with Crippen molar-refractivity contribution < 1.29 is 19.1 Å². The van der Waals surface area contributed by atoms with Crippen LogP contribution in [0.25, 0.3) is 5.69 Å². The third kappa shape index (κ3) is 2.44. The summed E-state index contributed by atoms with van der Waals surface area (Å²) < 4.78 is 6.44. The van der Waals surface area contributed by atoms with Crippen molar-refractivity contribution in [1.29, 1.82) is 0 Å². The average molecular weight is 322 g/mol. The number of hydrogen-bond acceptors (Lipinski definition) is 5. The van der Waals surface area contributed by atoms with Gasteiger partial charge in [-0.25, -0.2) is 4.79 Å². The van der Waals surface area contributed by atoms with Crippen LogP contribution in [0.15, 0.2) is 39.6 Å². The maximum atomic E-state index is 12.1. The molecule has 0 saturated carbocycles. The third-order valence-electron chi connectivity index (χ3n) is 3.60. The highest BCUT2D eigenvalue weighted by molar-refractivity contribution is 8.01. The molecular formula is C14H16N3O4S+. The van der Waals surface area contributed by atoms with Gasteiger partial charge in [0.25, 0.3) is 0 Å². The summed E-state index contributed by atoms with van der Waals surface area (Å²) in [5.41, 5.74) is -0.0783. The fourth-order valence-corrected chi connectivity index (χ4v) is 4.03. The van der Waals surface area contributed by atoms with E-state index in [1.807, 2.05) is 30.3 Å². The first-order valence-corrected chi connectivity index (χ1v) is 7.69. The Labute approximate surface area is 130 Å². The molecule has 2 unspecified atom stereocenters. The number of para-hydroxylation sites is 1. The second-order valence-corrected chi connectivity index (χ2v) is 6.85. The first-order chi connectivity index (χ1) is 10.4. The van der Waals surface area contributed by atoms with Crippen LogP contribution in [-0.2, 0) is 4.79 Å². The highest BCUT2D eigenvalue weighted by atomic mass is 32.2. The molecule has 2 heterocycles. The second-order valence-electron chi connectivity index (χ2n) is 5.64. The number of H-pyrrole nitrogens is 1. The Morgan fingerprint density at radius 3 is 2.64 bits per heavy atom. The van der Waals surface area contributed by atoms with Crippen LogP contribution in [0, 0.1) is 0 Å². The van der Waals surface area contributed by atoms with Gasteiger partial charge in [0.1, 0.15) is 5.25 Å². The van der Waals surface area contributed by atoms with Gasteiger partial charge in [0.15, 0.2) is 5.37 Å². The highest BCUT2D eigenvalue weighted by Gasteiger charge is 2.50. The van der Waals surface area contributed by atoms with Crippen molar-refractivity contribution in [3.63, 3.8) is 0 Å². The Morgan fingerprint density at radius 1 is 1.36 bits per heavy atom. The van der Waals surface area contributed by atoms with E-state index in [1.54, 1.807) is 13.8 Å². The standard InChI is InChI=1S/C14H15N3O4S/c1-14(2)10(12(18)19)22-11(15-14)9-13(20)21-16-17(9)8-6-4-3-5-7-8/h3-7,10-11,15H,1-2H3,(H-,16,18,19,20)/p+1. The van der Waals surface area contributed by atoms with Crippen LogP contribution in [-0.4, -0.2) is 27.1 Å². The lowest BCUT2D eigenvalue weighted by Gasteiger charge is -2.22. The number of aliphatic carboxylic acids is 1. The number of thioether (sulfide) groups is 1. The molecule has 1 fully saturated rings. The summed E-state index contributed by atoms with van der Waals surface area (Å²) in [6.45, 7) is 3.61. The van der Waals surface area contributed by atoms with E-state index in [1.165, 1.54) is 16.4 Å². The number of benzene rings is 1. The molecular weight excluding hydrogens is 306 g/mol. The molecule has 0 aliphatic carbocycles. The normalized spacial score (nSPS) is 23.5. The lowest BCUT2D eigenvalue weighted by molar-refractivity contribution is -0.677. The SMILES string of the molecule is CC1(C)NC(c2c(=O)o[nH][n+]2-c2ccccc2)SC1C(=O)O. The van der Waals surface area contributed by atoms with E-state index in [0.717, 1.165) is 5.69 Å². The number of aromatic nitrogens is 2. The molecule has 1 aliphatic heterocycles. The minimum atomic E-state index is -0.906. The maximum Gasteiger partial charge on any atom is 0.433 e. The van der Waals surface area contributed by atoms with E-state index in [0.29, 0.717) is 5.69 Å². The lowest BCUT2D eigenvalue weighted by Crippen LogP contribution is -2.47. The molecule has 0 bridgehead atoms. The van der Waals surface area contributed by atoms with Crippen LogP contribution in [0.5, 0.6) is 0 Å². The van der Waals surface area contributed by atoms with Gasteiger partial charge in [0, 0.05) is 17.7 Å². The molecule has 0 amide bonds. The Kier molecular flexibility index (Phi) is 3.57. The van der Waals surface area contributed by atoms with Crippen molar-refractivity contribution in [2.45, 2.75) is 30.0 Å². The lowest BCUT2D eigenvalue weighted by atomic mass is 10.0. The molecule has 7 nitrogen and oxygen atoms in total. The van der Waals surface area contributed by atoms with Crippen LogP contribution in [0.4, 0.5) is 0 Å². The minimum Gasteiger partial charge on any atom is -0.480 e. The van der Waals surface area contributed by atoms with E-state index in [2.05, 4.69) is 10.6 Å². The number of carboxylic acid groups (broad SMARTS) is 1. The van der Waals surface area contributed by atoms with Crippen molar-refractivity contribution in [2.75, 3.05) is 0 Å². The number of rotatable bonds is 3. The first kappa shape index (κ1) is 14.9. The van der Waals surface area contributed by atoms with Gasteiger partial charge >= 0.3 is 17.3 Å². The number of nitrogens with zero attached hydrogens (tertiary/aromatic N) is 1. The highest BCUT2D eigenvalue weighted by Crippen LogP contribution is 2.41. The zero-order valence-electron chi connectivity index (χ0n) is 12.1. The van der Waals surface area contributed by atoms with Crippen LogP contribution >= 0.6 is 11.8 Å². The van der Waals surface area contributed by atoms with Crippen molar-refractivity contribution in [1.82, 2.24) is 10.6 Å². The third-order valence-corrected chi connectivity index (χ3v) is 5.27. The topological polar surface area (TPSA) is 99.2 Å². The first-order valence-electron chi connectivity index (χ1n) is 6.75. The maximum absolute atomic E-state index is 12.1. The Balaban J connectivity index is 2.02. The van der Waals surface area contributed by atoms with Crippen LogP contribution in [0.3, 0.4) is 0 Å². The fourth-order valence-electron chi connectivity index (χ4n) is 2.53. The Bertz CT molecular complexity index is 753. The molecule has 2 aromatic rings. The molecule has 22 heavy (non-hydrogen) atoms. The van der Waals surface area contributed by atoms with E-state index in [-0.39, 0.29) is 0 Å². The van der Waals surface area contributed by atoms with Gasteiger partial charge < -0.3 is 5.11 Å². The zero-order valence-corrected chi connectivity index (χ0v) is 12.9. The minimum absolute atomic E-state index is 0.341. The summed E-state index contributed by atoms with van der Waals surface area (Å²) in [6, 6.07) is 9.21. The quantitative estimate of drug-likeness (QED) is 0.723. The smallest absolute Gasteiger partial charge is 0.433 e. The Hall–Kier alpha value is -2.06. The van der Waals surface area contributed by atoms with Gasteiger partial charge in [-0.3, -0.25) is 14.6 Å². The van der Waals surface area contributed by atoms with Crippen molar-refractivity contribution >= 4 is 17.7 Å². The molecule has 116 valence electrons. The van der Waals surface area contributed by atoms with E-state index >= 15 is 0 Å². The molecule has 0 radical (unpaired) electrons. The number of carboxylic acids is 1. The van der Waals surface area contributed by atoms with Gasteiger partial charge in [-0.1, -0.05) is 18.2 Å². The number of aromatic amines is 1. The molecule has 3 rings (SSSR count). The van der Waals surface area contributed by atoms with Gasteiger partial charge in [0.2, 0.25) is 5.69 Å². The monoisotopic (exact) mass is 322 g/mol. The largest absolute Gasteiger partial charge is 0.480 e. The number of hydrogen-bond donors (Lipinski definition) is 3. The van der Waals surface area contributed by atoms with Gasteiger partial charge in [-0.05, 0) is 23.8 Å². The summed E-state index contributed by atoms with van der Waals surface area (Å²) in [6.07, 6.45) is 0. The van der Waals surface area contributed by atoms with E-state index in [4.69, 9.17) is 4.52 Å². The van der Waals surface area contributed by atoms with E-state index in [9.17, 15) is 14.7 Å². The summed E-state index contributed by atoms with van der Waals surface area (Å²) in [5.74, 6) is -0.906. The summed E-state index contributed by atoms with van der Waals surface area (Å²) >= 11 is 1.19. The van der Waals surface area contributed by atoms with Crippen molar-refractivity contribution in [3.8, 4) is 5.69 Å². The van der Waals surface area contributed by atoms with Gasteiger partial charge in [0.05, 0.1) is 0 Å². The average Bonchev–Trinajstić information content (AvgIpc) is 2.99. The van der Waals surface area contributed by atoms with Crippen LogP contribution in [0.1, 0.15) is 24.9 Å². The predicted molar refractivity (Wildman–Crippen MR) is 79.8 cm³/mol. The van der Waals surface area contributed by atoms with E-state index < -0.39 is 27.8 Å². The van der Waals surface area contributed by atoms with Crippen molar-refractivity contribution in [3.05, 3.63) is 46.4 Å². The van der Waals surface area contributed by atoms with Crippen molar-refractivity contribution in [2.24, 2.45) is 0 Å². The second kappa shape index (κ2) is 5.29. The molecule has 0 spiro atoms.